The van der Waals surface area contributed by atoms with E-state index in [9.17, 15) is 0 Å². The fourth-order valence-corrected chi connectivity index (χ4v) is 2.76. The van der Waals surface area contributed by atoms with Crippen molar-refractivity contribution in [3.05, 3.63) is 42.5 Å². The summed E-state index contributed by atoms with van der Waals surface area (Å²) in [5.74, 6) is 1.60. The van der Waals surface area contributed by atoms with Crippen LogP contribution in [0.2, 0.25) is 0 Å². The minimum Gasteiger partial charge on any atom is -0.490 e. The Bertz CT molecular complexity index is 413. The molecule has 1 unspecified atom stereocenters. The lowest BCUT2D eigenvalue weighted by atomic mass is 9.90. The van der Waals surface area contributed by atoms with Crippen molar-refractivity contribution >= 4 is 0 Å². The van der Waals surface area contributed by atoms with Gasteiger partial charge in [-0.25, -0.2) is 0 Å². The fourth-order valence-electron chi connectivity index (χ4n) is 2.76. The molecule has 19 heavy (non-hydrogen) atoms. The SMILES string of the molecule is C=CCOc1cccc(C2CCCN(C(C)C)C2)c1. The van der Waals surface area contributed by atoms with Crippen LogP contribution in [0.1, 0.15) is 38.2 Å². The predicted octanol–water partition coefficient (Wildman–Crippen LogP) is 3.84. The van der Waals surface area contributed by atoms with Gasteiger partial charge in [0.15, 0.2) is 0 Å². The number of rotatable bonds is 5. The molecule has 2 nitrogen and oxygen atoms in total. The minimum absolute atomic E-state index is 0.576. The van der Waals surface area contributed by atoms with E-state index < -0.39 is 0 Å². The molecule has 0 spiro atoms. The average molecular weight is 259 g/mol. The number of ether oxygens (including phenoxy) is 1. The molecule has 0 bridgehead atoms. The normalized spacial score (nSPS) is 20.5. The predicted molar refractivity (Wildman–Crippen MR) is 80.8 cm³/mol. The van der Waals surface area contributed by atoms with Gasteiger partial charge in [-0.1, -0.05) is 24.8 Å². The van der Waals surface area contributed by atoms with Crippen LogP contribution in [-0.2, 0) is 0 Å². The highest BCUT2D eigenvalue weighted by Gasteiger charge is 2.22. The van der Waals surface area contributed by atoms with Crippen LogP contribution >= 0.6 is 0 Å². The summed E-state index contributed by atoms with van der Waals surface area (Å²) in [5.41, 5.74) is 1.41. The molecule has 0 N–H and O–H groups in total. The van der Waals surface area contributed by atoms with E-state index in [4.69, 9.17) is 4.74 Å². The molecule has 1 aromatic carbocycles. The molecule has 0 saturated carbocycles. The second kappa shape index (κ2) is 6.76. The molecular formula is C17H25NO. The van der Waals surface area contributed by atoms with Crippen LogP contribution in [0.25, 0.3) is 0 Å². The van der Waals surface area contributed by atoms with Crippen molar-refractivity contribution in [3.63, 3.8) is 0 Å². The maximum Gasteiger partial charge on any atom is 0.120 e. The quantitative estimate of drug-likeness (QED) is 0.745. The number of benzene rings is 1. The third-order valence-corrected chi connectivity index (χ3v) is 3.88. The summed E-state index contributed by atoms with van der Waals surface area (Å²) < 4.78 is 5.63. The van der Waals surface area contributed by atoms with Gasteiger partial charge in [0, 0.05) is 12.6 Å². The lowest BCUT2D eigenvalue weighted by Gasteiger charge is -2.35. The summed E-state index contributed by atoms with van der Waals surface area (Å²) in [6, 6.07) is 9.19. The highest BCUT2D eigenvalue weighted by molar-refractivity contribution is 5.31. The highest BCUT2D eigenvalue weighted by Crippen LogP contribution is 2.29. The zero-order chi connectivity index (χ0) is 13.7. The van der Waals surface area contributed by atoms with E-state index in [2.05, 4.69) is 43.5 Å². The molecule has 1 saturated heterocycles. The standard InChI is InChI=1S/C17H25NO/c1-4-11-19-17-9-5-7-15(12-17)16-8-6-10-18(13-16)14(2)3/h4-5,7,9,12,14,16H,1,6,8,10-11,13H2,2-3H3. The molecule has 2 heteroatoms. The molecule has 1 heterocycles. The Labute approximate surface area is 117 Å². The van der Waals surface area contributed by atoms with E-state index >= 15 is 0 Å². The number of hydrogen-bond donors (Lipinski definition) is 0. The van der Waals surface area contributed by atoms with Crippen LogP contribution in [0.3, 0.4) is 0 Å². The van der Waals surface area contributed by atoms with Crippen molar-refractivity contribution in [3.8, 4) is 5.75 Å². The molecular weight excluding hydrogens is 234 g/mol. The highest BCUT2D eigenvalue weighted by atomic mass is 16.5. The van der Waals surface area contributed by atoms with Gasteiger partial charge >= 0.3 is 0 Å². The smallest absolute Gasteiger partial charge is 0.120 e. The Morgan fingerprint density at radius 2 is 2.32 bits per heavy atom. The Hall–Kier alpha value is -1.28. The minimum atomic E-state index is 0.576. The number of likely N-dealkylation sites (tertiary alicyclic amines) is 1. The molecule has 0 amide bonds. The molecule has 0 aromatic heterocycles. The van der Waals surface area contributed by atoms with Crippen LogP contribution in [-0.4, -0.2) is 30.6 Å². The maximum atomic E-state index is 5.63. The van der Waals surface area contributed by atoms with Crippen molar-refractivity contribution in [2.45, 2.75) is 38.6 Å². The third kappa shape index (κ3) is 3.84. The first-order valence-corrected chi connectivity index (χ1v) is 7.28. The summed E-state index contributed by atoms with van der Waals surface area (Å²) >= 11 is 0. The monoisotopic (exact) mass is 259 g/mol. The van der Waals surface area contributed by atoms with Gasteiger partial charge in [0.2, 0.25) is 0 Å². The van der Waals surface area contributed by atoms with Gasteiger partial charge in [-0.3, -0.25) is 0 Å². The lowest BCUT2D eigenvalue weighted by molar-refractivity contribution is 0.167. The van der Waals surface area contributed by atoms with Crippen LogP contribution in [0.15, 0.2) is 36.9 Å². The Balaban J connectivity index is 2.05. The summed E-state index contributed by atoms with van der Waals surface area (Å²) in [4.78, 5) is 2.57. The van der Waals surface area contributed by atoms with Gasteiger partial charge in [0.1, 0.15) is 12.4 Å². The second-order valence-electron chi connectivity index (χ2n) is 5.60. The third-order valence-electron chi connectivity index (χ3n) is 3.88. The van der Waals surface area contributed by atoms with Gasteiger partial charge in [-0.05, 0) is 56.8 Å². The van der Waals surface area contributed by atoms with E-state index in [0.717, 1.165) is 5.75 Å². The Kier molecular flexibility index (Phi) is 5.03. The van der Waals surface area contributed by atoms with E-state index in [1.54, 1.807) is 6.08 Å². The van der Waals surface area contributed by atoms with Crippen molar-refractivity contribution in [2.24, 2.45) is 0 Å². The van der Waals surface area contributed by atoms with Crippen LogP contribution < -0.4 is 4.74 Å². The van der Waals surface area contributed by atoms with Gasteiger partial charge in [0.25, 0.3) is 0 Å². The zero-order valence-corrected chi connectivity index (χ0v) is 12.1. The van der Waals surface area contributed by atoms with E-state index in [-0.39, 0.29) is 0 Å². The van der Waals surface area contributed by atoms with E-state index in [1.165, 1.54) is 31.5 Å². The van der Waals surface area contributed by atoms with E-state index in [0.29, 0.717) is 18.6 Å². The molecule has 2 rings (SSSR count). The number of piperidine rings is 1. The van der Waals surface area contributed by atoms with Crippen molar-refractivity contribution in [2.75, 3.05) is 19.7 Å². The van der Waals surface area contributed by atoms with Crippen molar-refractivity contribution in [1.82, 2.24) is 4.90 Å². The first-order valence-electron chi connectivity index (χ1n) is 7.28. The van der Waals surface area contributed by atoms with Crippen LogP contribution in [0.5, 0.6) is 5.75 Å². The average Bonchev–Trinajstić information content (AvgIpc) is 2.45. The first kappa shape index (κ1) is 14.1. The lowest BCUT2D eigenvalue weighted by Crippen LogP contribution is -2.39. The van der Waals surface area contributed by atoms with Crippen molar-refractivity contribution in [1.29, 1.82) is 0 Å². The molecule has 1 aliphatic rings. The van der Waals surface area contributed by atoms with Crippen LogP contribution in [0, 0.1) is 0 Å². The van der Waals surface area contributed by atoms with Gasteiger partial charge < -0.3 is 9.64 Å². The van der Waals surface area contributed by atoms with Gasteiger partial charge in [-0.15, -0.1) is 0 Å². The van der Waals surface area contributed by atoms with Gasteiger partial charge in [0.05, 0.1) is 0 Å². The zero-order valence-electron chi connectivity index (χ0n) is 12.1. The summed E-state index contributed by atoms with van der Waals surface area (Å²) in [6.07, 6.45) is 4.36. The molecule has 104 valence electrons. The molecule has 1 aliphatic heterocycles. The molecule has 0 radical (unpaired) electrons. The molecule has 1 fully saturated rings. The summed E-state index contributed by atoms with van der Waals surface area (Å²) in [7, 11) is 0. The Morgan fingerprint density at radius 3 is 3.05 bits per heavy atom. The molecule has 1 atom stereocenters. The number of hydrogen-bond acceptors (Lipinski definition) is 2. The van der Waals surface area contributed by atoms with Gasteiger partial charge in [-0.2, -0.15) is 0 Å². The Morgan fingerprint density at radius 1 is 1.47 bits per heavy atom. The van der Waals surface area contributed by atoms with Crippen molar-refractivity contribution < 1.29 is 4.74 Å². The first-order chi connectivity index (χ1) is 9.20. The topological polar surface area (TPSA) is 12.5 Å². The summed E-state index contributed by atoms with van der Waals surface area (Å²) in [5, 5.41) is 0. The van der Waals surface area contributed by atoms with Crippen LogP contribution in [0.4, 0.5) is 0 Å². The van der Waals surface area contributed by atoms with E-state index in [1.807, 2.05) is 6.07 Å². The second-order valence-corrected chi connectivity index (χ2v) is 5.60. The largest absolute Gasteiger partial charge is 0.490 e. The summed E-state index contributed by atoms with van der Waals surface area (Å²) in [6.45, 7) is 11.2. The number of nitrogens with zero attached hydrogens (tertiary/aromatic N) is 1. The molecule has 1 aromatic rings. The molecule has 0 aliphatic carbocycles. The maximum absolute atomic E-state index is 5.63. The fraction of sp³-hybridized carbons (Fsp3) is 0.529.